The first-order valence-corrected chi connectivity index (χ1v) is 10.0. The standard InChI is InChI=1S/C22H42/c1-5-6-7-8-9-10-11-12-13-14-15-16-17-18-19-20-22(4)21(2)3/h12-13,21H,4-11,14-20H2,1-3H3/b13-12-. The number of hydrogen-bond donors (Lipinski definition) is 0. The zero-order valence-corrected chi connectivity index (χ0v) is 15.8. The summed E-state index contributed by atoms with van der Waals surface area (Å²) in [7, 11) is 0. The van der Waals surface area contributed by atoms with Gasteiger partial charge in [-0.25, -0.2) is 0 Å². The Hall–Kier alpha value is -0.520. The highest BCUT2D eigenvalue weighted by Gasteiger charge is 1.99. The van der Waals surface area contributed by atoms with Crippen LogP contribution in [0.25, 0.3) is 0 Å². The minimum absolute atomic E-state index is 0.664. The van der Waals surface area contributed by atoms with Crippen molar-refractivity contribution >= 4 is 0 Å². The van der Waals surface area contributed by atoms with Crippen molar-refractivity contribution in [1.29, 1.82) is 0 Å². The van der Waals surface area contributed by atoms with Crippen LogP contribution >= 0.6 is 0 Å². The summed E-state index contributed by atoms with van der Waals surface area (Å²) in [5, 5.41) is 0. The molecule has 0 nitrogen and oxygen atoms in total. The first-order chi connectivity index (χ1) is 10.7. The maximum absolute atomic E-state index is 4.15. The second-order valence-electron chi connectivity index (χ2n) is 7.15. The molecule has 0 aromatic heterocycles. The van der Waals surface area contributed by atoms with Gasteiger partial charge in [-0.15, -0.1) is 0 Å². The molecule has 0 radical (unpaired) electrons. The van der Waals surface area contributed by atoms with E-state index in [1.54, 1.807) is 0 Å². The Labute approximate surface area is 141 Å². The Bertz CT molecular complexity index is 259. The second kappa shape index (κ2) is 16.8. The van der Waals surface area contributed by atoms with Crippen LogP contribution in [-0.2, 0) is 0 Å². The smallest absolute Gasteiger partial charge is 0.0263 e. The van der Waals surface area contributed by atoms with Crippen molar-refractivity contribution in [3.05, 3.63) is 24.3 Å². The molecule has 0 aromatic rings. The summed E-state index contributed by atoms with van der Waals surface area (Å²) in [6, 6.07) is 0. The Morgan fingerprint density at radius 3 is 1.68 bits per heavy atom. The van der Waals surface area contributed by atoms with E-state index < -0.39 is 0 Å². The molecule has 22 heavy (non-hydrogen) atoms. The molecular formula is C22H42. The molecule has 0 N–H and O–H groups in total. The number of unbranched alkanes of at least 4 members (excludes halogenated alkanes) is 11. The molecule has 0 saturated heterocycles. The molecule has 0 heteroatoms. The topological polar surface area (TPSA) is 0 Å². The predicted octanol–water partition coefficient (Wildman–Crippen LogP) is 8.24. The van der Waals surface area contributed by atoms with Gasteiger partial charge < -0.3 is 0 Å². The highest BCUT2D eigenvalue weighted by molar-refractivity contribution is 4.96. The molecule has 0 amide bonds. The van der Waals surface area contributed by atoms with Gasteiger partial charge in [0.25, 0.3) is 0 Å². The van der Waals surface area contributed by atoms with Gasteiger partial charge in [0.2, 0.25) is 0 Å². The van der Waals surface area contributed by atoms with E-state index in [0.29, 0.717) is 5.92 Å². The van der Waals surface area contributed by atoms with Crippen LogP contribution < -0.4 is 0 Å². The fourth-order valence-corrected chi connectivity index (χ4v) is 2.71. The van der Waals surface area contributed by atoms with Gasteiger partial charge >= 0.3 is 0 Å². The lowest BCUT2D eigenvalue weighted by Crippen LogP contribution is -1.92. The van der Waals surface area contributed by atoms with Crippen molar-refractivity contribution in [3.8, 4) is 0 Å². The fraction of sp³-hybridized carbons (Fsp3) is 0.818. The van der Waals surface area contributed by atoms with Gasteiger partial charge in [0.05, 0.1) is 0 Å². The summed E-state index contributed by atoms with van der Waals surface area (Å²) in [6.45, 7) is 10.9. The average molecular weight is 307 g/mol. The third-order valence-electron chi connectivity index (χ3n) is 4.58. The van der Waals surface area contributed by atoms with E-state index in [2.05, 4.69) is 39.5 Å². The summed E-state index contributed by atoms with van der Waals surface area (Å²) in [4.78, 5) is 0. The normalized spacial score (nSPS) is 11.6. The van der Waals surface area contributed by atoms with Crippen molar-refractivity contribution in [3.63, 3.8) is 0 Å². The molecule has 0 unspecified atom stereocenters. The van der Waals surface area contributed by atoms with Gasteiger partial charge in [-0.3, -0.25) is 0 Å². The van der Waals surface area contributed by atoms with Gasteiger partial charge in [-0.05, 0) is 44.4 Å². The van der Waals surface area contributed by atoms with Crippen molar-refractivity contribution < 1.29 is 0 Å². The lowest BCUT2D eigenvalue weighted by molar-refractivity contribution is 0.596. The fourth-order valence-electron chi connectivity index (χ4n) is 2.71. The Balaban J connectivity index is 3.16. The van der Waals surface area contributed by atoms with Crippen LogP contribution in [0.5, 0.6) is 0 Å². The van der Waals surface area contributed by atoms with Crippen molar-refractivity contribution in [2.45, 2.75) is 111 Å². The lowest BCUT2D eigenvalue weighted by atomic mass is 9.98. The van der Waals surface area contributed by atoms with Crippen molar-refractivity contribution in [2.24, 2.45) is 5.92 Å². The minimum Gasteiger partial charge on any atom is -0.0996 e. The Morgan fingerprint density at radius 2 is 1.18 bits per heavy atom. The molecule has 0 atom stereocenters. The predicted molar refractivity (Wildman–Crippen MR) is 103 cm³/mol. The molecule has 0 aromatic carbocycles. The van der Waals surface area contributed by atoms with Gasteiger partial charge in [-0.1, -0.05) is 96.4 Å². The van der Waals surface area contributed by atoms with Crippen LogP contribution in [0.2, 0.25) is 0 Å². The van der Waals surface area contributed by atoms with Crippen LogP contribution in [0.15, 0.2) is 24.3 Å². The van der Waals surface area contributed by atoms with E-state index in [1.807, 2.05) is 0 Å². The Kier molecular flexibility index (Phi) is 16.4. The Morgan fingerprint density at radius 1 is 0.727 bits per heavy atom. The summed E-state index contributed by atoms with van der Waals surface area (Å²) >= 11 is 0. The van der Waals surface area contributed by atoms with E-state index in [0.717, 1.165) is 0 Å². The molecule has 0 aliphatic rings. The number of rotatable bonds is 16. The maximum Gasteiger partial charge on any atom is -0.0263 e. The monoisotopic (exact) mass is 306 g/mol. The molecule has 0 bridgehead atoms. The minimum atomic E-state index is 0.664. The van der Waals surface area contributed by atoms with Gasteiger partial charge in [0.1, 0.15) is 0 Å². The van der Waals surface area contributed by atoms with Crippen LogP contribution in [0.1, 0.15) is 111 Å². The average Bonchev–Trinajstić information content (AvgIpc) is 2.50. The van der Waals surface area contributed by atoms with E-state index >= 15 is 0 Å². The lowest BCUT2D eigenvalue weighted by Gasteiger charge is -2.08. The summed E-state index contributed by atoms with van der Waals surface area (Å²) < 4.78 is 0. The largest absolute Gasteiger partial charge is 0.0996 e. The number of hydrogen-bond acceptors (Lipinski definition) is 0. The molecule has 0 spiro atoms. The highest BCUT2D eigenvalue weighted by atomic mass is 14.1. The van der Waals surface area contributed by atoms with Gasteiger partial charge in [0, 0.05) is 0 Å². The first-order valence-electron chi connectivity index (χ1n) is 10.0. The molecule has 0 aliphatic carbocycles. The van der Waals surface area contributed by atoms with E-state index in [9.17, 15) is 0 Å². The van der Waals surface area contributed by atoms with Gasteiger partial charge in [-0.2, -0.15) is 0 Å². The van der Waals surface area contributed by atoms with Crippen molar-refractivity contribution in [1.82, 2.24) is 0 Å². The van der Waals surface area contributed by atoms with E-state index in [4.69, 9.17) is 0 Å². The summed E-state index contributed by atoms with van der Waals surface area (Å²) in [5.41, 5.74) is 1.43. The molecule has 0 aliphatic heterocycles. The summed E-state index contributed by atoms with van der Waals surface area (Å²) in [5.74, 6) is 0.664. The zero-order valence-electron chi connectivity index (χ0n) is 15.8. The maximum atomic E-state index is 4.15. The molecule has 0 heterocycles. The molecular weight excluding hydrogens is 264 g/mol. The van der Waals surface area contributed by atoms with Crippen LogP contribution in [0, 0.1) is 5.92 Å². The SMILES string of the molecule is C=C(CCCCCCC/C=C\CCCCCCCC)C(C)C. The highest BCUT2D eigenvalue weighted by Crippen LogP contribution is 2.16. The van der Waals surface area contributed by atoms with Crippen LogP contribution in [0.4, 0.5) is 0 Å². The second-order valence-corrected chi connectivity index (χ2v) is 7.15. The van der Waals surface area contributed by atoms with Crippen molar-refractivity contribution in [2.75, 3.05) is 0 Å². The molecule has 0 rings (SSSR count). The molecule has 0 saturated carbocycles. The van der Waals surface area contributed by atoms with Crippen LogP contribution in [-0.4, -0.2) is 0 Å². The van der Waals surface area contributed by atoms with E-state index in [-0.39, 0.29) is 0 Å². The third kappa shape index (κ3) is 15.9. The van der Waals surface area contributed by atoms with Crippen LogP contribution in [0.3, 0.4) is 0 Å². The van der Waals surface area contributed by atoms with E-state index in [1.165, 1.54) is 95.5 Å². The summed E-state index contributed by atoms with van der Waals surface area (Å²) in [6.07, 6.45) is 24.0. The molecule has 130 valence electrons. The first kappa shape index (κ1) is 21.5. The zero-order chi connectivity index (χ0) is 16.5. The third-order valence-corrected chi connectivity index (χ3v) is 4.58. The molecule has 0 fully saturated rings. The number of allylic oxidation sites excluding steroid dienone is 3. The quantitative estimate of drug-likeness (QED) is 0.199. The van der Waals surface area contributed by atoms with Gasteiger partial charge in [0.15, 0.2) is 0 Å².